The highest BCUT2D eigenvalue weighted by Crippen LogP contribution is 2.38. The number of amides is 1. The van der Waals surface area contributed by atoms with Crippen molar-refractivity contribution in [3.63, 3.8) is 0 Å². The summed E-state index contributed by atoms with van der Waals surface area (Å²) in [5.41, 5.74) is 3.07. The molecule has 33 heavy (non-hydrogen) atoms. The number of aromatic nitrogens is 3. The molecule has 0 aliphatic heterocycles. The van der Waals surface area contributed by atoms with Crippen molar-refractivity contribution in [1.82, 2.24) is 14.8 Å². The summed E-state index contributed by atoms with van der Waals surface area (Å²) in [6.45, 7) is 0. The standard InChI is InChI=1S/C20H15F6N5OS/c1-33-30-15-4-2-3-11(7-15)16(17(27)32)9-31-10-28-18(29-31)12-5-13(19(21,22)23)8-14(6-12)20(24,25)26/h2-10,30H,1H3,(H2,27,32)/b16-9+. The maximum Gasteiger partial charge on any atom is 0.416 e. The third kappa shape index (κ3) is 5.86. The summed E-state index contributed by atoms with van der Waals surface area (Å²) in [6.07, 6.45) is -6.00. The van der Waals surface area contributed by atoms with Gasteiger partial charge in [-0.25, -0.2) is 9.67 Å². The Morgan fingerprint density at radius 1 is 1.06 bits per heavy atom. The van der Waals surface area contributed by atoms with Gasteiger partial charge in [-0.1, -0.05) is 24.1 Å². The van der Waals surface area contributed by atoms with E-state index in [1.165, 1.54) is 18.1 Å². The molecule has 1 aromatic heterocycles. The molecule has 1 heterocycles. The molecule has 13 heteroatoms. The quantitative estimate of drug-likeness (QED) is 0.285. The normalized spacial score (nSPS) is 12.6. The van der Waals surface area contributed by atoms with Crippen molar-refractivity contribution in [2.45, 2.75) is 12.4 Å². The van der Waals surface area contributed by atoms with E-state index in [0.29, 0.717) is 23.4 Å². The Labute approximate surface area is 187 Å². The van der Waals surface area contributed by atoms with Gasteiger partial charge in [0, 0.05) is 23.7 Å². The van der Waals surface area contributed by atoms with Gasteiger partial charge in [-0.3, -0.25) is 4.79 Å². The Hall–Kier alpha value is -3.48. The lowest BCUT2D eigenvalue weighted by molar-refractivity contribution is -0.143. The molecule has 6 nitrogen and oxygen atoms in total. The van der Waals surface area contributed by atoms with Crippen LogP contribution in [0.15, 0.2) is 48.8 Å². The fourth-order valence-corrected chi connectivity index (χ4v) is 3.20. The Balaban J connectivity index is 2.04. The van der Waals surface area contributed by atoms with Crippen LogP contribution in [0.4, 0.5) is 32.0 Å². The molecule has 0 radical (unpaired) electrons. The molecule has 0 fully saturated rings. The highest BCUT2D eigenvalue weighted by Gasteiger charge is 2.37. The average molecular weight is 487 g/mol. The first-order valence-corrected chi connectivity index (χ1v) is 10.2. The van der Waals surface area contributed by atoms with E-state index in [-0.39, 0.29) is 11.6 Å². The first kappa shape index (κ1) is 24.2. The Morgan fingerprint density at radius 3 is 2.24 bits per heavy atom. The van der Waals surface area contributed by atoms with Crippen LogP contribution in [-0.4, -0.2) is 26.9 Å². The Morgan fingerprint density at radius 2 is 1.70 bits per heavy atom. The molecule has 3 aromatic rings. The summed E-state index contributed by atoms with van der Waals surface area (Å²) in [5.74, 6) is -1.23. The van der Waals surface area contributed by atoms with E-state index in [1.807, 2.05) is 0 Å². The predicted molar refractivity (Wildman–Crippen MR) is 112 cm³/mol. The zero-order valence-corrected chi connectivity index (χ0v) is 17.5. The number of primary amides is 1. The number of hydrogen-bond acceptors (Lipinski definition) is 5. The topological polar surface area (TPSA) is 85.8 Å². The smallest absolute Gasteiger partial charge is 0.366 e. The van der Waals surface area contributed by atoms with Gasteiger partial charge in [0.05, 0.1) is 16.7 Å². The van der Waals surface area contributed by atoms with Gasteiger partial charge >= 0.3 is 12.4 Å². The molecule has 2 aromatic carbocycles. The summed E-state index contributed by atoms with van der Waals surface area (Å²) < 4.78 is 82.6. The first-order valence-electron chi connectivity index (χ1n) is 9.00. The number of hydrogen-bond donors (Lipinski definition) is 2. The lowest BCUT2D eigenvalue weighted by Gasteiger charge is -2.13. The molecule has 0 unspecified atom stereocenters. The number of nitrogens with zero attached hydrogens (tertiary/aromatic N) is 3. The van der Waals surface area contributed by atoms with Crippen LogP contribution in [0.3, 0.4) is 0 Å². The van der Waals surface area contributed by atoms with Crippen molar-refractivity contribution in [1.29, 1.82) is 0 Å². The van der Waals surface area contributed by atoms with E-state index in [2.05, 4.69) is 14.8 Å². The molecule has 0 atom stereocenters. The lowest BCUT2D eigenvalue weighted by Crippen LogP contribution is -2.14. The van der Waals surface area contributed by atoms with Gasteiger partial charge in [-0.2, -0.15) is 26.3 Å². The van der Waals surface area contributed by atoms with Crippen LogP contribution in [-0.2, 0) is 17.1 Å². The number of nitrogens with one attached hydrogen (secondary N) is 1. The van der Waals surface area contributed by atoms with E-state index in [0.717, 1.165) is 11.0 Å². The lowest BCUT2D eigenvalue weighted by atomic mass is 10.0. The Kier molecular flexibility index (Phi) is 6.72. The molecule has 3 N–H and O–H groups in total. The predicted octanol–water partition coefficient (Wildman–Crippen LogP) is 5.16. The number of nitrogens with two attached hydrogens (primary N) is 1. The first-order chi connectivity index (χ1) is 15.4. The van der Waals surface area contributed by atoms with Crippen LogP contribution in [0, 0.1) is 0 Å². The van der Waals surface area contributed by atoms with Crippen molar-refractivity contribution in [3.8, 4) is 11.4 Å². The minimum atomic E-state index is -5.01. The van der Waals surface area contributed by atoms with Crippen molar-refractivity contribution in [3.05, 3.63) is 65.5 Å². The molecule has 3 rings (SSSR count). The van der Waals surface area contributed by atoms with Crippen LogP contribution in [0.5, 0.6) is 0 Å². The second kappa shape index (κ2) is 9.17. The summed E-state index contributed by atoms with van der Waals surface area (Å²) in [7, 11) is 0. The molecular weight excluding hydrogens is 472 g/mol. The average Bonchev–Trinajstić information content (AvgIpc) is 3.19. The van der Waals surface area contributed by atoms with Crippen LogP contribution in [0.2, 0.25) is 0 Å². The third-order valence-electron chi connectivity index (χ3n) is 4.27. The molecule has 0 aliphatic carbocycles. The molecular formula is C20H15F6N5OS. The van der Waals surface area contributed by atoms with Crippen molar-refractivity contribution < 1.29 is 31.1 Å². The molecule has 0 saturated carbocycles. The molecule has 174 valence electrons. The summed E-state index contributed by atoms with van der Waals surface area (Å²) in [5, 5.41) is 3.90. The molecule has 0 saturated heterocycles. The van der Waals surface area contributed by atoms with Gasteiger partial charge in [0.2, 0.25) is 0 Å². The maximum atomic E-state index is 13.1. The van der Waals surface area contributed by atoms with Crippen LogP contribution >= 0.6 is 11.9 Å². The van der Waals surface area contributed by atoms with E-state index < -0.39 is 40.8 Å². The van der Waals surface area contributed by atoms with Gasteiger partial charge in [0.1, 0.15) is 6.33 Å². The van der Waals surface area contributed by atoms with Crippen LogP contribution in [0.25, 0.3) is 23.2 Å². The minimum Gasteiger partial charge on any atom is -0.366 e. The maximum absolute atomic E-state index is 13.1. The molecule has 0 spiro atoms. The van der Waals surface area contributed by atoms with Crippen LogP contribution in [0.1, 0.15) is 16.7 Å². The molecule has 0 bridgehead atoms. The zero-order valence-electron chi connectivity index (χ0n) is 16.7. The van der Waals surface area contributed by atoms with Gasteiger partial charge < -0.3 is 10.5 Å². The number of carbonyl (C=O) groups is 1. The van der Waals surface area contributed by atoms with Crippen molar-refractivity contribution >= 4 is 35.3 Å². The fraction of sp³-hybridized carbons (Fsp3) is 0.150. The van der Waals surface area contributed by atoms with E-state index in [1.54, 1.807) is 30.5 Å². The van der Waals surface area contributed by atoms with E-state index in [4.69, 9.17) is 5.73 Å². The van der Waals surface area contributed by atoms with E-state index in [9.17, 15) is 31.1 Å². The summed E-state index contributed by atoms with van der Waals surface area (Å²) >= 11 is 1.32. The van der Waals surface area contributed by atoms with Gasteiger partial charge in [-0.05, 0) is 35.9 Å². The second-order valence-electron chi connectivity index (χ2n) is 6.64. The zero-order chi connectivity index (χ0) is 24.4. The number of alkyl halides is 6. The summed E-state index contributed by atoms with van der Waals surface area (Å²) in [4.78, 5) is 15.8. The number of anilines is 1. The van der Waals surface area contributed by atoms with Gasteiger partial charge in [0.15, 0.2) is 5.82 Å². The van der Waals surface area contributed by atoms with Crippen molar-refractivity contribution in [2.24, 2.45) is 5.73 Å². The van der Waals surface area contributed by atoms with Crippen molar-refractivity contribution in [2.75, 3.05) is 11.0 Å². The summed E-state index contributed by atoms with van der Waals surface area (Å²) in [6, 6.07) is 7.70. The highest BCUT2D eigenvalue weighted by atomic mass is 32.2. The SMILES string of the molecule is CSNc1cccc(/C(=C\n2cnc(-c3cc(C(F)(F)F)cc(C(F)(F)F)c3)n2)C(N)=O)c1. The van der Waals surface area contributed by atoms with Gasteiger partial charge in [-0.15, -0.1) is 5.10 Å². The number of halogens is 6. The number of benzene rings is 2. The molecule has 0 aliphatic rings. The number of rotatable bonds is 6. The second-order valence-corrected chi connectivity index (χ2v) is 7.25. The van der Waals surface area contributed by atoms with Crippen LogP contribution < -0.4 is 10.5 Å². The third-order valence-corrected chi connectivity index (χ3v) is 4.71. The molecule has 1 amide bonds. The minimum absolute atomic E-state index is 0.00349. The highest BCUT2D eigenvalue weighted by molar-refractivity contribution is 7.99. The van der Waals surface area contributed by atoms with E-state index >= 15 is 0 Å². The Bertz CT molecular complexity index is 1170. The fourth-order valence-electron chi connectivity index (χ4n) is 2.83. The number of carbonyl (C=O) groups excluding carboxylic acids is 1. The monoisotopic (exact) mass is 487 g/mol. The largest absolute Gasteiger partial charge is 0.416 e. The van der Waals surface area contributed by atoms with Gasteiger partial charge in [0.25, 0.3) is 5.91 Å².